The molecule has 0 saturated carbocycles. The first-order valence-corrected chi connectivity index (χ1v) is 9.55. The molecule has 0 saturated heterocycles. The lowest BCUT2D eigenvalue weighted by Crippen LogP contribution is -2.14. The highest BCUT2D eigenvalue weighted by molar-refractivity contribution is 6.33. The third kappa shape index (κ3) is 3.04. The van der Waals surface area contributed by atoms with E-state index in [2.05, 4.69) is 5.10 Å². The van der Waals surface area contributed by atoms with E-state index in [0.29, 0.717) is 28.0 Å². The van der Waals surface area contributed by atoms with Crippen LogP contribution in [-0.2, 0) is 0 Å². The van der Waals surface area contributed by atoms with Crippen LogP contribution in [0.2, 0.25) is 5.02 Å². The predicted octanol–water partition coefficient (Wildman–Crippen LogP) is 4.98. The molecule has 2 aliphatic rings. The predicted molar refractivity (Wildman–Crippen MR) is 115 cm³/mol. The second-order valence-corrected chi connectivity index (χ2v) is 7.28. The van der Waals surface area contributed by atoms with Crippen molar-refractivity contribution >= 4 is 28.2 Å². The number of para-hydroxylation sites is 1. The first-order chi connectivity index (χ1) is 14.9. The molecule has 0 amide bonds. The van der Waals surface area contributed by atoms with Crippen LogP contribution in [0, 0.1) is 15.9 Å². The van der Waals surface area contributed by atoms with Crippen LogP contribution in [-0.4, -0.2) is 19.3 Å². The van der Waals surface area contributed by atoms with Crippen LogP contribution in [0.25, 0.3) is 33.5 Å². The monoisotopic (exact) mass is 434 g/mol. The summed E-state index contributed by atoms with van der Waals surface area (Å²) < 4.78 is 16.4. The second-order valence-electron chi connectivity index (χ2n) is 6.87. The Kier molecular flexibility index (Phi) is 4.30. The van der Waals surface area contributed by atoms with Gasteiger partial charge in [-0.25, -0.2) is 4.39 Å². The van der Waals surface area contributed by atoms with Crippen LogP contribution in [0.4, 0.5) is 10.1 Å². The van der Waals surface area contributed by atoms with Crippen molar-refractivity contribution in [1.82, 2.24) is 14.3 Å². The van der Waals surface area contributed by atoms with Gasteiger partial charge in [0.1, 0.15) is 16.5 Å². The molecule has 7 nitrogen and oxygen atoms in total. The quantitative estimate of drug-likeness (QED) is 0.296. The fourth-order valence-corrected chi connectivity index (χ4v) is 3.80. The van der Waals surface area contributed by atoms with Crippen molar-refractivity contribution < 1.29 is 9.31 Å². The molecule has 3 aromatic rings. The van der Waals surface area contributed by atoms with E-state index in [9.17, 15) is 19.3 Å². The summed E-state index contributed by atoms with van der Waals surface area (Å²) in [5, 5.41) is 16.2. The molecular formula is C22H12ClFN4O3. The standard InChI is InChI=1S/C22H12ClFN4O3/c23-18-11-19-16(10-20(18)28(30)31)21-17(12-26(19)14-8-6-13(24)7-9-14)22(29)27(25-21)15-4-2-1-3-5-15/h1-12H. The minimum atomic E-state index is -0.588. The third-order valence-electron chi connectivity index (χ3n) is 5.02. The first kappa shape index (κ1) is 19.0. The lowest BCUT2D eigenvalue weighted by Gasteiger charge is -2.14. The van der Waals surface area contributed by atoms with E-state index in [0.717, 1.165) is 0 Å². The molecule has 31 heavy (non-hydrogen) atoms. The number of nitrogens with zero attached hydrogens (tertiary/aromatic N) is 4. The van der Waals surface area contributed by atoms with Crippen molar-refractivity contribution in [2.45, 2.75) is 0 Å². The Morgan fingerprint density at radius 2 is 1.71 bits per heavy atom. The van der Waals surface area contributed by atoms with E-state index >= 15 is 0 Å². The van der Waals surface area contributed by atoms with Crippen molar-refractivity contribution in [2.75, 3.05) is 0 Å². The second kappa shape index (κ2) is 7.03. The van der Waals surface area contributed by atoms with Gasteiger partial charge in [-0.1, -0.05) is 29.8 Å². The van der Waals surface area contributed by atoms with E-state index in [1.807, 2.05) is 6.07 Å². The molecule has 0 spiro atoms. The molecule has 0 atom stereocenters. The molecule has 2 aliphatic heterocycles. The van der Waals surface area contributed by atoms with Gasteiger partial charge in [-0.15, -0.1) is 0 Å². The zero-order chi connectivity index (χ0) is 21.7. The molecule has 5 rings (SSSR count). The molecule has 0 aliphatic carbocycles. The Labute approximate surface area is 179 Å². The molecule has 0 N–H and O–H groups in total. The van der Waals surface area contributed by atoms with Crippen LogP contribution >= 0.6 is 11.6 Å². The Balaban J connectivity index is 1.92. The highest BCUT2D eigenvalue weighted by Crippen LogP contribution is 2.36. The van der Waals surface area contributed by atoms with Gasteiger partial charge in [-0.2, -0.15) is 9.78 Å². The maximum absolute atomic E-state index is 13.5. The van der Waals surface area contributed by atoms with Crippen LogP contribution < -0.4 is 5.56 Å². The largest absolute Gasteiger partial charge is 0.316 e. The topological polar surface area (TPSA) is 83.0 Å². The molecule has 0 bridgehead atoms. The van der Waals surface area contributed by atoms with Crippen molar-refractivity contribution in [1.29, 1.82) is 0 Å². The third-order valence-corrected chi connectivity index (χ3v) is 5.32. The lowest BCUT2D eigenvalue weighted by molar-refractivity contribution is -0.384. The minimum Gasteiger partial charge on any atom is -0.316 e. The number of hydrogen-bond acceptors (Lipinski definition) is 4. The van der Waals surface area contributed by atoms with Gasteiger partial charge in [0.2, 0.25) is 0 Å². The molecule has 0 fully saturated rings. The minimum absolute atomic E-state index is 0.0578. The number of fused-ring (bicyclic) bond motifs is 3. The summed E-state index contributed by atoms with van der Waals surface area (Å²) in [5.41, 5.74) is 1.51. The highest BCUT2D eigenvalue weighted by atomic mass is 35.5. The van der Waals surface area contributed by atoms with Gasteiger partial charge >= 0.3 is 0 Å². The molecule has 2 heterocycles. The number of nitro benzene ring substituents is 1. The number of pyridine rings is 1. The summed E-state index contributed by atoms with van der Waals surface area (Å²) >= 11 is 6.16. The summed E-state index contributed by atoms with van der Waals surface area (Å²) in [6.07, 6.45) is 1.59. The van der Waals surface area contributed by atoms with Gasteiger partial charge in [-0.3, -0.25) is 14.9 Å². The van der Waals surface area contributed by atoms with Gasteiger partial charge in [0, 0.05) is 23.3 Å². The van der Waals surface area contributed by atoms with Crippen molar-refractivity contribution in [2.24, 2.45) is 0 Å². The Morgan fingerprint density at radius 1 is 1.00 bits per heavy atom. The Morgan fingerprint density at radius 3 is 2.39 bits per heavy atom. The van der Waals surface area contributed by atoms with E-state index in [1.54, 1.807) is 47.2 Å². The maximum atomic E-state index is 13.5. The average Bonchev–Trinajstić information content (AvgIpc) is 3.10. The highest BCUT2D eigenvalue weighted by Gasteiger charge is 2.24. The van der Waals surface area contributed by atoms with Crippen molar-refractivity contribution in [3.63, 3.8) is 0 Å². The van der Waals surface area contributed by atoms with Crippen LogP contribution in [0.1, 0.15) is 0 Å². The summed E-state index contributed by atoms with van der Waals surface area (Å²) in [7, 11) is 0. The fourth-order valence-electron chi connectivity index (χ4n) is 3.57. The number of benzene rings is 3. The van der Waals surface area contributed by atoms with Gasteiger partial charge in [0.25, 0.3) is 11.2 Å². The normalized spacial score (nSPS) is 11.3. The van der Waals surface area contributed by atoms with Gasteiger partial charge in [0.15, 0.2) is 0 Å². The molecular weight excluding hydrogens is 423 g/mol. The number of halogens is 2. The Bertz CT molecular complexity index is 1490. The zero-order valence-corrected chi connectivity index (χ0v) is 16.5. The van der Waals surface area contributed by atoms with Crippen LogP contribution in [0.15, 0.2) is 77.7 Å². The maximum Gasteiger partial charge on any atom is 0.288 e. The summed E-state index contributed by atoms with van der Waals surface area (Å²) in [4.78, 5) is 24.0. The van der Waals surface area contributed by atoms with Gasteiger partial charge in [-0.05, 0) is 42.5 Å². The number of aromatic nitrogens is 3. The summed E-state index contributed by atoms with van der Waals surface area (Å²) in [5.74, 6) is -0.412. The molecule has 0 radical (unpaired) electrons. The van der Waals surface area contributed by atoms with Gasteiger partial charge in [0.05, 0.1) is 21.7 Å². The summed E-state index contributed by atoms with van der Waals surface area (Å²) in [6.45, 7) is 0. The van der Waals surface area contributed by atoms with Crippen LogP contribution in [0.3, 0.4) is 0 Å². The van der Waals surface area contributed by atoms with E-state index < -0.39 is 10.7 Å². The molecule has 9 heteroatoms. The number of hydrogen-bond donors (Lipinski definition) is 0. The van der Waals surface area contributed by atoms with Crippen molar-refractivity contribution in [3.05, 3.63) is 104 Å². The number of rotatable bonds is 3. The smallest absolute Gasteiger partial charge is 0.288 e. The number of nitro groups is 1. The molecule has 152 valence electrons. The van der Waals surface area contributed by atoms with Crippen molar-refractivity contribution in [3.8, 4) is 22.6 Å². The summed E-state index contributed by atoms with van der Waals surface area (Å²) in [6, 6.07) is 17.3. The van der Waals surface area contributed by atoms with E-state index in [4.69, 9.17) is 11.6 Å². The molecule has 3 aromatic carbocycles. The average molecular weight is 435 g/mol. The van der Waals surface area contributed by atoms with Gasteiger partial charge < -0.3 is 4.57 Å². The van der Waals surface area contributed by atoms with E-state index in [-0.39, 0.29) is 21.8 Å². The first-order valence-electron chi connectivity index (χ1n) is 9.17. The zero-order valence-electron chi connectivity index (χ0n) is 15.7. The fraction of sp³-hybridized carbons (Fsp3) is 0. The Hall–Kier alpha value is -4.04. The SMILES string of the molecule is O=c1c2cn(-c3ccc(F)cc3)c3cc(Cl)c([N+](=O)[O-])cc3c-2nn1-c1ccccc1. The molecule has 0 aromatic heterocycles. The van der Waals surface area contributed by atoms with Crippen LogP contribution in [0.5, 0.6) is 0 Å². The van der Waals surface area contributed by atoms with E-state index in [1.165, 1.54) is 28.9 Å². The lowest BCUT2D eigenvalue weighted by atomic mass is 10.1. The molecule has 0 unspecified atom stereocenters.